The van der Waals surface area contributed by atoms with Gasteiger partial charge in [-0.25, -0.2) is 4.39 Å². The van der Waals surface area contributed by atoms with E-state index in [-0.39, 0.29) is 5.82 Å². The Morgan fingerprint density at radius 1 is 1.24 bits per heavy atom. The molecule has 1 unspecified atom stereocenters. The van der Waals surface area contributed by atoms with E-state index in [0.29, 0.717) is 17.9 Å². The summed E-state index contributed by atoms with van der Waals surface area (Å²) in [5.41, 5.74) is 8.14. The van der Waals surface area contributed by atoms with Crippen LogP contribution in [0, 0.1) is 17.7 Å². The van der Waals surface area contributed by atoms with E-state index in [1.54, 1.807) is 12.1 Å². The van der Waals surface area contributed by atoms with Gasteiger partial charge in [-0.2, -0.15) is 0 Å². The second-order valence-corrected chi connectivity index (χ2v) is 6.14. The van der Waals surface area contributed by atoms with Crippen LogP contribution in [0.15, 0.2) is 40.9 Å². The summed E-state index contributed by atoms with van der Waals surface area (Å²) in [6.07, 6.45) is 8.80. The van der Waals surface area contributed by atoms with Crippen molar-refractivity contribution in [2.75, 3.05) is 0 Å². The van der Waals surface area contributed by atoms with Gasteiger partial charge in [0.25, 0.3) is 0 Å². The van der Waals surface area contributed by atoms with Gasteiger partial charge in [-0.3, -0.25) is 4.99 Å². The Morgan fingerprint density at radius 2 is 1.86 bits per heavy atom. The van der Waals surface area contributed by atoms with E-state index < -0.39 is 0 Å². The molecule has 1 fully saturated rings. The third-order valence-electron chi connectivity index (χ3n) is 4.55. The normalized spacial score (nSPS) is 25.2. The number of allylic oxidation sites excluding steroid dienone is 2. The highest BCUT2D eigenvalue weighted by atomic mass is 19.1. The van der Waals surface area contributed by atoms with Crippen LogP contribution in [0.1, 0.15) is 39.5 Å². The fourth-order valence-electron chi connectivity index (χ4n) is 3.00. The third kappa shape index (κ3) is 4.78. The molecule has 0 aliphatic heterocycles. The molecule has 3 heteroatoms. The molecule has 2 nitrogen and oxygen atoms in total. The molecule has 0 bridgehead atoms. The first kappa shape index (κ1) is 15.9. The lowest BCUT2D eigenvalue weighted by Gasteiger charge is -2.31. The molecule has 1 aromatic carbocycles. The topological polar surface area (TPSA) is 38.4 Å². The zero-order valence-corrected chi connectivity index (χ0v) is 12.9. The molecule has 0 spiro atoms. The van der Waals surface area contributed by atoms with Crippen LogP contribution in [0.5, 0.6) is 0 Å². The van der Waals surface area contributed by atoms with Crippen LogP contribution in [0.25, 0.3) is 0 Å². The summed E-state index contributed by atoms with van der Waals surface area (Å²) in [5.74, 6) is 1.10. The number of aliphatic imine (C=N–C) groups is 1. The summed E-state index contributed by atoms with van der Waals surface area (Å²) < 4.78 is 12.8. The fraction of sp³-hybridized carbons (Fsp3) is 0.500. The largest absolute Gasteiger partial charge is 0.328 e. The molecule has 1 atom stereocenters. The molecule has 114 valence electrons. The van der Waals surface area contributed by atoms with Crippen molar-refractivity contribution >= 4 is 11.9 Å². The van der Waals surface area contributed by atoms with E-state index in [2.05, 4.69) is 24.9 Å². The molecule has 1 saturated carbocycles. The van der Waals surface area contributed by atoms with Gasteiger partial charge in [0.1, 0.15) is 5.82 Å². The third-order valence-corrected chi connectivity index (χ3v) is 4.55. The molecule has 2 N–H and O–H groups in total. The standard InChI is InChI=1S/C18H25FN2/c1-13(15-3-5-16(6-4-15)14(2)20)11-12-21-18-9-7-17(19)8-10-18/h7-12,14-16H,3-6,20H2,1-2H3/b13-11+,21-12-. The van der Waals surface area contributed by atoms with Crippen molar-refractivity contribution in [3.05, 3.63) is 41.7 Å². The number of benzene rings is 1. The maximum atomic E-state index is 12.8. The number of rotatable bonds is 4. The summed E-state index contributed by atoms with van der Waals surface area (Å²) in [6.45, 7) is 4.29. The van der Waals surface area contributed by atoms with Gasteiger partial charge in [-0.1, -0.05) is 5.57 Å². The van der Waals surface area contributed by atoms with Crippen LogP contribution >= 0.6 is 0 Å². The highest BCUT2D eigenvalue weighted by Crippen LogP contribution is 2.34. The number of hydrogen-bond acceptors (Lipinski definition) is 2. The molecule has 21 heavy (non-hydrogen) atoms. The molecular weight excluding hydrogens is 263 g/mol. The lowest BCUT2D eigenvalue weighted by atomic mass is 9.76. The highest BCUT2D eigenvalue weighted by Gasteiger charge is 2.23. The molecule has 0 heterocycles. The second kappa shape index (κ2) is 7.51. The summed E-state index contributed by atoms with van der Waals surface area (Å²) in [7, 11) is 0. The summed E-state index contributed by atoms with van der Waals surface area (Å²) in [6, 6.07) is 6.54. The van der Waals surface area contributed by atoms with Gasteiger partial charge in [0, 0.05) is 12.3 Å². The molecule has 0 amide bonds. The van der Waals surface area contributed by atoms with Crippen molar-refractivity contribution < 1.29 is 4.39 Å². The molecule has 1 aliphatic carbocycles. The Kier molecular flexibility index (Phi) is 5.68. The minimum absolute atomic E-state index is 0.230. The monoisotopic (exact) mass is 288 g/mol. The van der Waals surface area contributed by atoms with Crippen molar-refractivity contribution in [3.63, 3.8) is 0 Å². The van der Waals surface area contributed by atoms with Gasteiger partial charge in [-0.15, -0.1) is 0 Å². The molecule has 0 radical (unpaired) electrons. The average Bonchev–Trinajstić information content (AvgIpc) is 2.49. The second-order valence-electron chi connectivity index (χ2n) is 6.14. The molecule has 1 aliphatic rings. The Labute approximate surface area is 127 Å². The molecular formula is C18H25FN2. The van der Waals surface area contributed by atoms with E-state index in [4.69, 9.17) is 5.73 Å². The first-order valence-corrected chi connectivity index (χ1v) is 7.78. The zero-order chi connectivity index (χ0) is 15.2. The zero-order valence-electron chi connectivity index (χ0n) is 12.9. The Hall–Kier alpha value is -1.48. The van der Waals surface area contributed by atoms with Crippen LogP contribution < -0.4 is 5.73 Å². The van der Waals surface area contributed by atoms with Crippen molar-refractivity contribution in [2.24, 2.45) is 22.6 Å². The van der Waals surface area contributed by atoms with Crippen LogP contribution in [-0.4, -0.2) is 12.3 Å². The fourth-order valence-corrected chi connectivity index (χ4v) is 3.00. The minimum Gasteiger partial charge on any atom is -0.328 e. The number of nitrogens with two attached hydrogens (primary N) is 1. The number of nitrogens with zero attached hydrogens (tertiary/aromatic N) is 1. The van der Waals surface area contributed by atoms with E-state index in [0.717, 1.165) is 5.69 Å². The lowest BCUT2D eigenvalue weighted by molar-refractivity contribution is 0.271. The van der Waals surface area contributed by atoms with Crippen molar-refractivity contribution in [1.29, 1.82) is 0 Å². The van der Waals surface area contributed by atoms with Crippen molar-refractivity contribution in [2.45, 2.75) is 45.6 Å². The van der Waals surface area contributed by atoms with Gasteiger partial charge in [0.2, 0.25) is 0 Å². The SMILES string of the molecule is C/C(=C\C=N/c1ccc(F)cc1)C1CCC(C(C)N)CC1. The Balaban J connectivity index is 1.88. The first-order valence-electron chi connectivity index (χ1n) is 7.78. The molecule has 0 aromatic heterocycles. The molecule has 2 rings (SSSR count). The van der Waals surface area contributed by atoms with Gasteiger partial charge in [0.15, 0.2) is 0 Å². The predicted octanol–water partition coefficient (Wildman–Crippen LogP) is 4.63. The van der Waals surface area contributed by atoms with Crippen LogP contribution in [0.2, 0.25) is 0 Å². The van der Waals surface area contributed by atoms with Crippen molar-refractivity contribution in [1.82, 2.24) is 0 Å². The van der Waals surface area contributed by atoms with E-state index >= 15 is 0 Å². The summed E-state index contributed by atoms with van der Waals surface area (Å²) in [4.78, 5) is 4.34. The van der Waals surface area contributed by atoms with E-state index in [9.17, 15) is 4.39 Å². The lowest BCUT2D eigenvalue weighted by Crippen LogP contribution is -2.30. The van der Waals surface area contributed by atoms with Gasteiger partial charge in [0.05, 0.1) is 5.69 Å². The summed E-state index contributed by atoms with van der Waals surface area (Å²) >= 11 is 0. The first-order chi connectivity index (χ1) is 10.1. The minimum atomic E-state index is -0.230. The molecule has 0 saturated heterocycles. The van der Waals surface area contributed by atoms with Gasteiger partial charge in [-0.05, 0) is 81.7 Å². The van der Waals surface area contributed by atoms with Crippen LogP contribution in [0.4, 0.5) is 10.1 Å². The van der Waals surface area contributed by atoms with Crippen LogP contribution in [0.3, 0.4) is 0 Å². The van der Waals surface area contributed by atoms with Gasteiger partial charge < -0.3 is 5.73 Å². The van der Waals surface area contributed by atoms with Crippen molar-refractivity contribution in [3.8, 4) is 0 Å². The maximum absolute atomic E-state index is 12.8. The van der Waals surface area contributed by atoms with E-state index in [1.807, 2.05) is 6.21 Å². The quantitative estimate of drug-likeness (QED) is 0.806. The number of hydrogen-bond donors (Lipinski definition) is 1. The maximum Gasteiger partial charge on any atom is 0.123 e. The van der Waals surface area contributed by atoms with Gasteiger partial charge >= 0.3 is 0 Å². The smallest absolute Gasteiger partial charge is 0.123 e. The number of halogens is 1. The van der Waals surface area contributed by atoms with E-state index in [1.165, 1.54) is 43.4 Å². The molecule has 1 aromatic rings. The predicted molar refractivity (Wildman–Crippen MR) is 87.4 cm³/mol. The summed E-state index contributed by atoms with van der Waals surface area (Å²) in [5, 5.41) is 0. The Morgan fingerprint density at radius 3 is 2.43 bits per heavy atom. The Bertz CT molecular complexity index is 494. The van der Waals surface area contributed by atoms with Crippen LogP contribution in [-0.2, 0) is 0 Å². The average molecular weight is 288 g/mol. The highest BCUT2D eigenvalue weighted by molar-refractivity contribution is 5.75.